The molecule has 7 nitrogen and oxygen atoms in total. The van der Waals surface area contributed by atoms with Gasteiger partial charge in [-0.25, -0.2) is 4.79 Å². The van der Waals surface area contributed by atoms with Crippen LogP contribution in [0.1, 0.15) is 10.4 Å². The maximum absolute atomic E-state index is 12.5. The van der Waals surface area contributed by atoms with E-state index in [4.69, 9.17) is 11.6 Å². The number of carbonyl (C=O) groups is 3. The van der Waals surface area contributed by atoms with E-state index >= 15 is 0 Å². The molecule has 118 valence electrons. The summed E-state index contributed by atoms with van der Waals surface area (Å²) in [5, 5.41) is 4.74. The molecule has 8 heteroatoms. The topological polar surface area (TPSA) is 81.8 Å². The number of carbonyl (C=O) groups excluding carboxylic acids is 3. The number of hydrogen-bond donors (Lipinski definition) is 2. The lowest BCUT2D eigenvalue weighted by atomic mass is 10.1. The maximum atomic E-state index is 12.5. The minimum atomic E-state index is -0.671. The zero-order valence-electron chi connectivity index (χ0n) is 12.1. The Morgan fingerprint density at radius 3 is 2.55 bits per heavy atom. The lowest BCUT2D eigenvalue weighted by molar-refractivity contribution is -0.108. The van der Waals surface area contributed by atoms with Crippen molar-refractivity contribution in [3.63, 3.8) is 0 Å². The van der Waals surface area contributed by atoms with Gasteiger partial charge in [0.25, 0.3) is 5.91 Å². The van der Waals surface area contributed by atoms with Crippen molar-refractivity contribution in [2.45, 2.75) is 0 Å². The molecule has 1 aromatic carbocycles. The van der Waals surface area contributed by atoms with Gasteiger partial charge < -0.3 is 15.1 Å². The minimum absolute atomic E-state index is 0.169. The average Bonchev–Trinajstić information content (AvgIpc) is 2.49. The third kappa shape index (κ3) is 3.96. The zero-order valence-corrected chi connectivity index (χ0v) is 12.9. The van der Waals surface area contributed by atoms with Gasteiger partial charge in [0, 0.05) is 31.9 Å². The molecule has 1 heterocycles. The molecule has 0 radical (unpaired) electrons. The normalized spacial score (nSPS) is 15.3. The van der Waals surface area contributed by atoms with Crippen LogP contribution in [-0.2, 0) is 4.79 Å². The van der Waals surface area contributed by atoms with E-state index in [2.05, 4.69) is 10.2 Å². The van der Waals surface area contributed by atoms with Crippen LogP contribution in [0.2, 0.25) is 5.02 Å². The van der Waals surface area contributed by atoms with Gasteiger partial charge >= 0.3 is 6.03 Å². The van der Waals surface area contributed by atoms with E-state index < -0.39 is 6.03 Å². The van der Waals surface area contributed by atoms with E-state index in [0.29, 0.717) is 29.4 Å². The molecule has 0 spiro atoms. The zero-order chi connectivity index (χ0) is 16.1. The summed E-state index contributed by atoms with van der Waals surface area (Å²) in [6.45, 7) is 2.88. The summed E-state index contributed by atoms with van der Waals surface area (Å²) in [4.78, 5) is 37.9. The monoisotopic (exact) mass is 324 g/mol. The number of rotatable bonds is 3. The minimum Gasteiger partial charge on any atom is -0.336 e. The number of urea groups is 1. The second-order valence-electron chi connectivity index (χ2n) is 5.01. The van der Waals surface area contributed by atoms with E-state index in [1.807, 2.05) is 12.4 Å². The quantitative estimate of drug-likeness (QED) is 0.813. The highest BCUT2D eigenvalue weighted by Crippen LogP contribution is 2.22. The lowest BCUT2D eigenvalue weighted by Gasteiger charge is -2.32. The number of anilines is 1. The van der Waals surface area contributed by atoms with Crippen LogP contribution in [0.5, 0.6) is 0 Å². The SMILES string of the molecule is CN1CCN(C(=O)c2cc(NC(=O)NC=O)ccc2Cl)CC1. The second-order valence-corrected chi connectivity index (χ2v) is 5.41. The fourth-order valence-electron chi connectivity index (χ4n) is 2.17. The molecule has 0 aromatic heterocycles. The number of likely N-dealkylation sites (N-methyl/N-ethyl adjacent to an activating group) is 1. The molecule has 1 saturated heterocycles. The molecule has 0 atom stereocenters. The van der Waals surface area contributed by atoms with E-state index in [-0.39, 0.29) is 12.3 Å². The number of nitrogens with zero attached hydrogens (tertiary/aromatic N) is 2. The molecule has 1 fully saturated rings. The van der Waals surface area contributed by atoms with Gasteiger partial charge in [0.2, 0.25) is 6.41 Å². The predicted molar refractivity (Wildman–Crippen MR) is 83.1 cm³/mol. The molecular weight excluding hydrogens is 308 g/mol. The first-order valence-electron chi connectivity index (χ1n) is 6.80. The fraction of sp³-hybridized carbons (Fsp3) is 0.357. The average molecular weight is 325 g/mol. The summed E-state index contributed by atoms with van der Waals surface area (Å²) >= 11 is 6.09. The molecule has 1 aromatic rings. The Morgan fingerprint density at radius 1 is 1.23 bits per heavy atom. The standard InChI is InChI=1S/C14H17ClN4O3/c1-18-4-6-19(7-5-18)13(21)11-8-10(2-3-12(11)15)17-14(22)16-9-20/h2-3,8-9H,4-7H2,1H3,(H2,16,17,20,22). The Kier molecular flexibility index (Phi) is 5.35. The van der Waals surface area contributed by atoms with E-state index in [0.717, 1.165) is 13.1 Å². The molecule has 4 amide bonds. The van der Waals surface area contributed by atoms with Crippen LogP contribution in [0.4, 0.5) is 10.5 Å². The Labute approximate surface area is 133 Å². The second kappa shape index (κ2) is 7.24. The highest BCUT2D eigenvalue weighted by molar-refractivity contribution is 6.34. The first kappa shape index (κ1) is 16.3. The first-order valence-corrected chi connectivity index (χ1v) is 7.17. The first-order chi connectivity index (χ1) is 10.5. The molecule has 0 unspecified atom stereocenters. The Hall–Kier alpha value is -2.12. The van der Waals surface area contributed by atoms with Crippen molar-refractivity contribution in [3.8, 4) is 0 Å². The van der Waals surface area contributed by atoms with Crippen LogP contribution in [0.15, 0.2) is 18.2 Å². The van der Waals surface area contributed by atoms with E-state index in [1.165, 1.54) is 6.07 Å². The van der Waals surface area contributed by atoms with Crippen molar-refractivity contribution >= 4 is 35.6 Å². The van der Waals surface area contributed by atoms with Crippen molar-refractivity contribution in [3.05, 3.63) is 28.8 Å². The lowest BCUT2D eigenvalue weighted by Crippen LogP contribution is -2.47. The maximum Gasteiger partial charge on any atom is 0.325 e. The molecule has 0 bridgehead atoms. The number of benzene rings is 1. The van der Waals surface area contributed by atoms with Gasteiger partial charge in [0.15, 0.2) is 0 Å². The molecule has 22 heavy (non-hydrogen) atoms. The van der Waals surface area contributed by atoms with Crippen LogP contribution < -0.4 is 10.6 Å². The van der Waals surface area contributed by atoms with Crippen LogP contribution in [0, 0.1) is 0 Å². The third-order valence-corrected chi connectivity index (χ3v) is 3.76. The van der Waals surface area contributed by atoms with Crippen molar-refractivity contribution in [1.82, 2.24) is 15.1 Å². The number of halogens is 1. The van der Waals surface area contributed by atoms with Crippen LogP contribution in [0.3, 0.4) is 0 Å². The summed E-state index contributed by atoms with van der Waals surface area (Å²) in [7, 11) is 2.00. The fourth-order valence-corrected chi connectivity index (χ4v) is 2.37. The van der Waals surface area contributed by atoms with Gasteiger partial charge in [-0.1, -0.05) is 11.6 Å². The van der Waals surface area contributed by atoms with Crippen molar-refractivity contribution in [2.75, 3.05) is 38.5 Å². The molecule has 2 rings (SSSR count). The molecule has 2 N–H and O–H groups in total. The predicted octanol–water partition coefficient (Wildman–Crippen LogP) is 1.01. The van der Waals surface area contributed by atoms with Gasteiger partial charge in [0.05, 0.1) is 10.6 Å². The van der Waals surface area contributed by atoms with Crippen LogP contribution in [0.25, 0.3) is 0 Å². The molecular formula is C14H17ClN4O3. The molecule has 1 aliphatic rings. The third-order valence-electron chi connectivity index (χ3n) is 3.44. The summed E-state index contributed by atoms with van der Waals surface area (Å²) in [5.74, 6) is -0.169. The van der Waals surface area contributed by atoms with Crippen molar-refractivity contribution in [1.29, 1.82) is 0 Å². The summed E-state index contributed by atoms with van der Waals surface area (Å²) in [5.41, 5.74) is 0.719. The Bertz CT molecular complexity index is 585. The smallest absolute Gasteiger partial charge is 0.325 e. The summed E-state index contributed by atoms with van der Waals surface area (Å²) in [6, 6.07) is 3.94. The number of amides is 4. The van der Waals surface area contributed by atoms with Gasteiger partial charge in [-0.05, 0) is 25.2 Å². The molecule has 0 saturated carbocycles. The number of imide groups is 1. The van der Waals surface area contributed by atoms with Gasteiger partial charge in [-0.15, -0.1) is 0 Å². The Morgan fingerprint density at radius 2 is 1.91 bits per heavy atom. The van der Waals surface area contributed by atoms with Crippen LogP contribution in [-0.4, -0.2) is 61.4 Å². The van der Waals surface area contributed by atoms with Crippen molar-refractivity contribution < 1.29 is 14.4 Å². The van der Waals surface area contributed by atoms with Crippen LogP contribution >= 0.6 is 11.6 Å². The summed E-state index contributed by atoms with van der Waals surface area (Å²) in [6.07, 6.45) is 0.279. The van der Waals surface area contributed by atoms with Gasteiger partial charge in [-0.2, -0.15) is 0 Å². The van der Waals surface area contributed by atoms with E-state index in [9.17, 15) is 14.4 Å². The molecule has 1 aliphatic heterocycles. The Balaban J connectivity index is 2.13. The summed E-state index contributed by atoms with van der Waals surface area (Å²) < 4.78 is 0. The van der Waals surface area contributed by atoms with Crippen molar-refractivity contribution in [2.24, 2.45) is 0 Å². The van der Waals surface area contributed by atoms with Gasteiger partial charge in [-0.3, -0.25) is 14.9 Å². The highest BCUT2D eigenvalue weighted by atomic mass is 35.5. The number of piperazine rings is 1. The number of nitrogens with one attached hydrogen (secondary N) is 2. The van der Waals surface area contributed by atoms with E-state index in [1.54, 1.807) is 17.0 Å². The number of hydrogen-bond acceptors (Lipinski definition) is 4. The van der Waals surface area contributed by atoms with Gasteiger partial charge in [0.1, 0.15) is 0 Å². The highest BCUT2D eigenvalue weighted by Gasteiger charge is 2.22. The largest absolute Gasteiger partial charge is 0.336 e. The molecule has 0 aliphatic carbocycles.